The van der Waals surface area contributed by atoms with Crippen LogP contribution in [0.1, 0.15) is 47.0 Å². The largest absolute Gasteiger partial charge is 0.388 e. The second kappa shape index (κ2) is 4.82. The van der Waals surface area contributed by atoms with Crippen molar-refractivity contribution in [1.29, 1.82) is 0 Å². The minimum Gasteiger partial charge on any atom is -0.388 e. The van der Waals surface area contributed by atoms with Gasteiger partial charge in [0.1, 0.15) is 0 Å². The lowest BCUT2D eigenvalue weighted by Crippen LogP contribution is -2.46. The molecule has 1 spiro atoms. The standard InChI is InChI=1S/C17H27NO4S/c1-10(2)14(19)11(3)15(20)18-13-8-12-6-7-17(13,16(12,4)5)9-23(18,21)22/h10,12-14,19H,3,6-9H2,1-2,4-5H3/t12-,13-,14+,17-/m1/s1. The maximum atomic E-state index is 12.8. The molecule has 0 radical (unpaired) electrons. The van der Waals surface area contributed by atoms with Crippen molar-refractivity contribution in [2.24, 2.45) is 22.7 Å². The highest BCUT2D eigenvalue weighted by Gasteiger charge is 2.72. The van der Waals surface area contributed by atoms with Crippen molar-refractivity contribution < 1.29 is 18.3 Å². The molecule has 0 aromatic carbocycles. The molecular formula is C17H27NO4S. The molecule has 130 valence electrons. The zero-order valence-electron chi connectivity index (χ0n) is 14.4. The molecule has 1 heterocycles. The summed E-state index contributed by atoms with van der Waals surface area (Å²) in [5.74, 6) is -0.287. The van der Waals surface area contributed by atoms with Crippen LogP contribution < -0.4 is 0 Å². The van der Waals surface area contributed by atoms with Crippen LogP contribution in [-0.2, 0) is 14.8 Å². The van der Waals surface area contributed by atoms with Gasteiger partial charge in [0.2, 0.25) is 10.0 Å². The molecule has 6 heteroatoms. The third-order valence-corrected chi connectivity index (χ3v) is 8.77. The Morgan fingerprint density at radius 3 is 2.48 bits per heavy atom. The quantitative estimate of drug-likeness (QED) is 0.796. The fourth-order valence-corrected chi connectivity index (χ4v) is 7.77. The van der Waals surface area contributed by atoms with E-state index in [-0.39, 0.29) is 34.1 Å². The summed E-state index contributed by atoms with van der Waals surface area (Å²) < 4.78 is 26.6. The van der Waals surface area contributed by atoms with Gasteiger partial charge in [-0.25, -0.2) is 12.7 Å². The van der Waals surface area contributed by atoms with Crippen LogP contribution >= 0.6 is 0 Å². The number of carbonyl (C=O) groups excluding carboxylic acids is 1. The monoisotopic (exact) mass is 341 g/mol. The van der Waals surface area contributed by atoms with E-state index in [4.69, 9.17) is 0 Å². The summed E-state index contributed by atoms with van der Waals surface area (Å²) >= 11 is 0. The van der Waals surface area contributed by atoms with Gasteiger partial charge in [0.25, 0.3) is 5.91 Å². The number of hydrogen-bond acceptors (Lipinski definition) is 4. The van der Waals surface area contributed by atoms with Gasteiger partial charge in [0, 0.05) is 11.0 Å². The Labute approximate surface area is 138 Å². The van der Waals surface area contributed by atoms with Crippen LogP contribution in [0.5, 0.6) is 0 Å². The van der Waals surface area contributed by atoms with E-state index in [0.29, 0.717) is 5.92 Å². The fourth-order valence-electron chi connectivity index (χ4n) is 5.23. The van der Waals surface area contributed by atoms with Crippen molar-refractivity contribution >= 4 is 15.9 Å². The summed E-state index contributed by atoms with van der Waals surface area (Å²) in [6.07, 6.45) is 1.62. The van der Waals surface area contributed by atoms with Gasteiger partial charge in [-0.3, -0.25) is 4.79 Å². The number of nitrogens with zero attached hydrogens (tertiary/aromatic N) is 1. The number of rotatable bonds is 3. The number of amides is 1. The molecule has 3 fully saturated rings. The van der Waals surface area contributed by atoms with Gasteiger partial charge in [-0.2, -0.15) is 0 Å². The van der Waals surface area contributed by atoms with Gasteiger partial charge >= 0.3 is 0 Å². The van der Waals surface area contributed by atoms with Crippen molar-refractivity contribution in [1.82, 2.24) is 4.31 Å². The van der Waals surface area contributed by atoms with E-state index < -0.39 is 22.0 Å². The topological polar surface area (TPSA) is 74.7 Å². The van der Waals surface area contributed by atoms with Crippen LogP contribution in [0.15, 0.2) is 12.2 Å². The fraction of sp³-hybridized carbons (Fsp3) is 0.824. The maximum absolute atomic E-state index is 12.8. The van der Waals surface area contributed by atoms with E-state index in [0.717, 1.165) is 23.6 Å². The van der Waals surface area contributed by atoms with E-state index >= 15 is 0 Å². The number of fused-ring (bicyclic) bond motifs is 1. The molecule has 3 rings (SSSR count). The Kier molecular flexibility index (Phi) is 3.55. The molecule has 1 N–H and O–H groups in total. The molecule has 4 atom stereocenters. The van der Waals surface area contributed by atoms with E-state index in [1.54, 1.807) is 13.8 Å². The Hall–Kier alpha value is -0.880. The molecular weight excluding hydrogens is 314 g/mol. The second-order valence-corrected chi connectivity index (χ2v) is 10.3. The van der Waals surface area contributed by atoms with Crippen molar-refractivity contribution in [3.8, 4) is 0 Å². The predicted molar refractivity (Wildman–Crippen MR) is 88.0 cm³/mol. The molecule has 2 saturated carbocycles. The maximum Gasteiger partial charge on any atom is 0.265 e. The van der Waals surface area contributed by atoms with E-state index in [9.17, 15) is 18.3 Å². The third kappa shape index (κ3) is 2.00. The first kappa shape index (κ1) is 17.0. The van der Waals surface area contributed by atoms with Gasteiger partial charge < -0.3 is 5.11 Å². The molecule has 2 aliphatic carbocycles. The Balaban J connectivity index is 1.98. The Morgan fingerprint density at radius 1 is 1.35 bits per heavy atom. The van der Waals surface area contributed by atoms with Crippen molar-refractivity contribution in [2.75, 3.05) is 5.75 Å². The molecule has 5 nitrogen and oxygen atoms in total. The normalized spacial score (nSPS) is 37.9. The number of hydrogen-bond donors (Lipinski definition) is 1. The van der Waals surface area contributed by atoms with E-state index in [1.807, 2.05) is 0 Å². The molecule has 2 bridgehead atoms. The highest BCUT2D eigenvalue weighted by molar-refractivity contribution is 7.90. The Bertz CT molecular complexity index is 666. The van der Waals surface area contributed by atoms with E-state index in [2.05, 4.69) is 20.4 Å². The highest BCUT2D eigenvalue weighted by atomic mass is 32.2. The van der Waals surface area contributed by atoms with Crippen LogP contribution in [0.3, 0.4) is 0 Å². The SMILES string of the molecule is C=C(C(=O)N1[C@@H]2C[C@H]3CC[C@]2(CS1(=O)=O)C3(C)C)[C@@H](O)C(C)C. The Morgan fingerprint density at radius 2 is 1.96 bits per heavy atom. The molecule has 1 saturated heterocycles. The lowest BCUT2D eigenvalue weighted by atomic mass is 9.69. The summed E-state index contributed by atoms with van der Waals surface area (Å²) in [7, 11) is -3.65. The minimum atomic E-state index is -3.65. The summed E-state index contributed by atoms with van der Waals surface area (Å²) in [5.41, 5.74) is -0.423. The van der Waals surface area contributed by atoms with Crippen LogP contribution in [0.2, 0.25) is 0 Å². The van der Waals surface area contributed by atoms with Crippen molar-refractivity contribution in [3.05, 3.63) is 12.2 Å². The van der Waals surface area contributed by atoms with Gasteiger partial charge in [-0.05, 0) is 36.5 Å². The van der Waals surface area contributed by atoms with Gasteiger partial charge in [-0.1, -0.05) is 34.3 Å². The number of aliphatic hydroxyl groups excluding tert-OH is 1. The first-order chi connectivity index (χ1) is 10.5. The van der Waals surface area contributed by atoms with Crippen LogP contribution in [0, 0.1) is 22.7 Å². The molecule has 3 aliphatic rings. The predicted octanol–water partition coefficient (Wildman–Crippen LogP) is 1.93. The lowest BCUT2D eigenvalue weighted by Gasteiger charge is -2.37. The number of sulfonamides is 1. The van der Waals surface area contributed by atoms with Crippen LogP contribution in [-0.4, -0.2) is 41.6 Å². The average molecular weight is 341 g/mol. The zero-order chi connectivity index (χ0) is 17.4. The average Bonchev–Trinajstić information content (AvgIpc) is 2.91. The first-order valence-corrected chi connectivity index (χ1v) is 10.00. The zero-order valence-corrected chi connectivity index (χ0v) is 15.2. The van der Waals surface area contributed by atoms with Gasteiger partial charge in [0.15, 0.2) is 0 Å². The first-order valence-electron chi connectivity index (χ1n) is 8.39. The summed E-state index contributed by atoms with van der Waals surface area (Å²) in [4.78, 5) is 12.8. The van der Waals surface area contributed by atoms with Gasteiger partial charge in [0.05, 0.1) is 17.9 Å². The molecule has 23 heavy (non-hydrogen) atoms. The molecule has 0 unspecified atom stereocenters. The molecule has 1 aliphatic heterocycles. The van der Waals surface area contributed by atoms with E-state index in [1.165, 1.54) is 0 Å². The van der Waals surface area contributed by atoms with Crippen molar-refractivity contribution in [2.45, 2.75) is 59.1 Å². The number of aliphatic hydroxyl groups is 1. The summed E-state index contributed by atoms with van der Waals surface area (Å²) in [6.45, 7) is 11.5. The molecule has 0 aromatic rings. The van der Waals surface area contributed by atoms with Crippen LogP contribution in [0.25, 0.3) is 0 Å². The molecule has 0 aromatic heterocycles. The highest BCUT2D eigenvalue weighted by Crippen LogP contribution is 2.70. The lowest BCUT2D eigenvalue weighted by molar-refractivity contribution is -0.126. The second-order valence-electron chi connectivity index (χ2n) is 8.44. The minimum absolute atomic E-state index is 0.0128. The van der Waals surface area contributed by atoms with Gasteiger partial charge in [-0.15, -0.1) is 0 Å². The smallest absolute Gasteiger partial charge is 0.265 e. The van der Waals surface area contributed by atoms with Crippen molar-refractivity contribution in [3.63, 3.8) is 0 Å². The molecule has 1 amide bonds. The van der Waals surface area contributed by atoms with Crippen LogP contribution in [0.4, 0.5) is 0 Å². The number of carbonyl (C=O) groups is 1. The summed E-state index contributed by atoms with van der Waals surface area (Å²) in [6, 6.07) is -0.273. The third-order valence-electron chi connectivity index (χ3n) is 6.87. The summed E-state index contributed by atoms with van der Waals surface area (Å²) in [5, 5.41) is 10.1.